The molecule has 8 heteroatoms. The number of pyridine rings is 2. The van der Waals surface area contributed by atoms with Crippen molar-refractivity contribution in [3.8, 4) is 11.4 Å². The van der Waals surface area contributed by atoms with Gasteiger partial charge in [0.2, 0.25) is 0 Å². The Bertz CT molecular complexity index is 1310. The van der Waals surface area contributed by atoms with Gasteiger partial charge in [0, 0.05) is 10.9 Å². The zero-order valence-electron chi connectivity index (χ0n) is 16.5. The fourth-order valence-electron chi connectivity index (χ4n) is 4.65. The number of fused-ring (bicyclic) bond motifs is 5. The van der Waals surface area contributed by atoms with Crippen LogP contribution in [0.25, 0.3) is 22.3 Å². The number of ether oxygens (including phenoxy) is 1. The Morgan fingerprint density at radius 2 is 1.90 bits per heavy atom. The fourth-order valence-corrected chi connectivity index (χ4v) is 4.65. The summed E-state index contributed by atoms with van der Waals surface area (Å²) in [5.74, 6) is -3.45. The highest BCUT2D eigenvalue weighted by Crippen LogP contribution is 2.45. The second kappa shape index (κ2) is 5.98. The lowest BCUT2D eigenvalue weighted by molar-refractivity contribution is -0.189. The van der Waals surface area contributed by atoms with Crippen molar-refractivity contribution >= 4 is 16.9 Å². The van der Waals surface area contributed by atoms with Gasteiger partial charge in [0.25, 0.3) is 11.5 Å². The Morgan fingerprint density at radius 3 is 2.60 bits per heavy atom. The first-order chi connectivity index (χ1) is 14.3. The topological polar surface area (TPSA) is 122 Å². The summed E-state index contributed by atoms with van der Waals surface area (Å²) < 4.78 is 5.88. The Balaban J connectivity index is 1.93. The normalized spacial score (nSPS) is 21.2. The molecule has 2 aromatic heterocycles. The molecule has 5 rings (SSSR count). The van der Waals surface area contributed by atoms with E-state index in [9.17, 15) is 24.9 Å². The van der Waals surface area contributed by atoms with Gasteiger partial charge in [-0.25, -0.2) is 14.3 Å². The summed E-state index contributed by atoms with van der Waals surface area (Å²) in [6.45, 7) is 3.15. The van der Waals surface area contributed by atoms with E-state index in [1.54, 1.807) is 6.92 Å². The van der Waals surface area contributed by atoms with Crippen molar-refractivity contribution in [3.63, 3.8) is 0 Å². The minimum atomic E-state index is -2.62. The smallest absolute Gasteiger partial charge is 0.343 e. The number of hydrogen-bond donors (Lipinski definition) is 3. The predicted octanol–water partition coefficient (Wildman–Crippen LogP) is 1.24. The molecule has 0 amide bonds. The van der Waals surface area contributed by atoms with E-state index in [0.29, 0.717) is 17.5 Å². The molecule has 0 saturated heterocycles. The standard InChI is InChI=1S/C22H20N2O6/c1-3-11-12-7-5-6-8-15(12)23-18-16-9-14-13(10-30-20(26)21(14,27)4-2)19(25)24(16)22(28,29)17(11)18/h5-9,27-29H,3-4,10H2,1-2H3/t21-/m0/s1. The minimum Gasteiger partial charge on any atom is -0.458 e. The van der Waals surface area contributed by atoms with Crippen LogP contribution in [0.4, 0.5) is 0 Å². The lowest BCUT2D eigenvalue weighted by Crippen LogP contribution is -2.47. The van der Waals surface area contributed by atoms with Gasteiger partial charge in [-0.05, 0) is 30.5 Å². The number of carbonyl (C=O) groups excluding carboxylic acids is 1. The van der Waals surface area contributed by atoms with Crippen LogP contribution in [0.1, 0.15) is 42.5 Å². The van der Waals surface area contributed by atoms with Crippen molar-refractivity contribution in [2.24, 2.45) is 0 Å². The Hall–Kier alpha value is -3.07. The SMILES string of the molecule is CCc1c2c(nc3ccccc13)-c1cc3c(c(=O)n1C2(O)O)COC(=O)[C@]3(O)CC. The molecule has 3 N–H and O–H groups in total. The summed E-state index contributed by atoms with van der Waals surface area (Å²) in [5.41, 5.74) is -0.754. The van der Waals surface area contributed by atoms with Gasteiger partial charge in [-0.15, -0.1) is 0 Å². The number of aryl methyl sites for hydroxylation is 1. The first kappa shape index (κ1) is 18.9. The highest BCUT2D eigenvalue weighted by molar-refractivity contribution is 5.89. The average Bonchev–Trinajstić information content (AvgIpc) is 2.96. The third-order valence-electron chi connectivity index (χ3n) is 6.19. The summed E-state index contributed by atoms with van der Waals surface area (Å²) in [7, 11) is 0. The zero-order chi connectivity index (χ0) is 21.4. The molecule has 3 aromatic rings. The van der Waals surface area contributed by atoms with Crippen molar-refractivity contribution in [2.45, 2.75) is 44.8 Å². The van der Waals surface area contributed by atoms with Crippen LogP contribution in [0.15, 0.2) is 35.1 Å². The Kier molecular flexibility index (Phi) is 3.77. The first-order valence-corrected chi connectivity index (χ1v) is 9.82. The average molecular weight is 408 g/mol. The summed E-state index contributed by atoms with van der Waals surface area (Å²) in [6, 6.07) is 8.77. The fraction of sp³-hybridized carbons (Fsp3) is 0.318. The Morgan fingerprint density at radius 1 is 1.17 bits per heavy atom. The van der Waals surface area contributed by atoms with Crippen molar-refractivity contribution in [1.82, 2.24) is 9.55 Å². The number of hydrogen-bond acceptors (Lipinski definition) is 7. The number of nitrogens with zero attached hydrogens (tertiary/aromatic N) is 2. The summed E-state index contributed by atoms with van der Waals surface area (Å²) in [6.07, 6.45) is 0.487. The van der Waals surface area contributed by atoms with Crippen LogP contribution in [-0.2, 0) is 34.1 Å². The van der Waals surface area contributed by atoms with Crippen LogP contribution in [0.3, 0.4) is 0 Å². The third-order valence-corrected chi connectivity index (χ3v) is 6.19. The van der Waals surface area contributed by atoms with Gasteiger partial charge in [-0.1, -0.05) is 32.0 Å². The van der Waals surface area contributed by atoms with E-state index in [4.69, 9.17) is 4.74 Å². The Labute approximate surface area is 171 Å². The summed E-state index contributed by atoms with van der Waals surface area (Å²) in [5, 5.41) is 33.9. The van der Waals surface area contributed by atoms with Crippen LogP contribution in [-0.4, -0.2) is 30.8 Å². The molecule has 0 bridgehead atoms. The number of esters is 1. The van der Waals surface area contributed by atoms with Gasteiger partial charge in [0.1, 0.15) is 6.61 Å². The van der Waals surface area contributed by atoms with E-state index in [1.165, 1.54) is 6.07 Å². The summed E-state index contributed by atoms with van der Waals surface area (Å²) >= 11 is 0. The largest absolute Gasteiger partial charge is 0.458 e. The van der Waals surface area contributed by atoms with Crippen molar-refractivity contribution < 1.29 is 24.9 Å². The number of aromatic nitrogens is 2. The molecule has 0 radical (unpaired) electrons. The molecule has 0 spiro atoms. The van der Waals surface area contributed by atoms with Gasteiger partial charge in [-0.3, -0.25) is 4.79 Å². The van der Waals surface area contributed by atoms with Crippen LogP contribution >= 0.6 is 0 Å². The minimum absolute atomic E-state index is 0.00331. The quantitative estimate of drug-likeness (QED) is 0.431. The lowest BCUT2D eigenvalue weighted by Gasteiger charge is -2.32. The number of benzene rings is 1. The molecule has 1 aromatic carbocycles. The van der Waals surface area contributed by atoms with E-state index >= 15 is 0 Å². The highest BCUT2D eigenvalue weighted by atomic mass is 16.6. The zero-order valence-corrected chi connectivity index (χ0v) is 16.5. The van der Waals surface area contributed by atoms with E-state index in [1.807, 2.05) is 31.2 Å². The lowest BCUT2D eigenvalue weighted by atomic mass is 9.86. The molecule has 2 aliphatic heterocycles. The molecule has 4 heterocycles. The maximum atomic E-state index is 13.3. The highest BCUT2D eigenvalue weighted by Gasteiger charge is 2.50. The van der Waals surface area contributed by atoms with Crippen LogP contribution < -0.4 is 5.56 Å². The van der Waals surface area contributed by atoms with E-state index in [0.717, 1.165) is 9.95 Å². The van der Waals surface area contributed by atoms with Crippen molar-refractivity contribution in [2.75, 3.05) is 0 Å². The molecule has 154 valence electrons. The van der Waals surface area contributed by atoms with Gasteiger partial charge >= 0.3 is 5.97 Å². The summed E-state index contributed by atoms with van der Waals surface area (Å²) in [4.78, 5) is 30.2. The number of carbonyl (C=O) groups is 1. The number of cyclic esters (lactones) is 1. The molecule has 30 heavy (non-hydrogen) atoms. The molecule has 0 aliphatic carbocycles. The number of aliphatic hydroxyl groups is 3. The van der Waals surface area contributed by atoms with Gasteiger partial charge in [0.05, 0.1) is 28.0 Å². The monoisotopic (exact) mass is 408 g/mol. The van der Waals surface area contributed by atoms with Gasteiger partial charge < -0.3 is 20.1 Å². The van der Waals surface area contributed by atoms with Crippen LogP contribution in [0.2, 0.25) is 0 Å². The van der Waals surface area contributed by atoms with Gasteiger partial charge in [0.15, 0.2) is 5.60 Å². The molecule has 0 saturated carbocycles. The number of para-hydroxylation sites is 1. The molecule has 1 atom stereocenters. The maximum absolute atomic E-state index is 13.3. The molecular formula is C22H20N2O6. The second-order valence-corrected chi connectivity index (χ2v) is 7.67. The first-order valence-electron chi connectivity index (χ1n) is 9.82. The van der Waals surface area contributed by atoms with Crippen LogP contribution in [0.5, 0.6) is 0 Å². The molecule has 0 fully saturated rings. The number of rotatable bonds is 2. The second-order valence-electron chi connectivity index (χ2n) is 7.67. The maximum Gasteiger partial charge on any atom is 0.343 e. The van der Waals surface area contributed by atoms with E-state index < -0.39 is 23.0 Å². The molecule has 0 unspecified atom stereocenters. The van der Waals surface area contributed by atoms with Crippen LogP contribution in [0, 0.1) is 0 Å². The molecule has 8 nitrogen and oxygen atoms in total. The van der Waals surface area contributed by atoms with E-state index in [2.05, 4.69) is 4.98 Å². The van der Waals surface area contributed by atoms with Crippen molar-refractivity contribution in [1.29, 1.82) is 0 Å². The van der Waals surface area contributed by atoms with Crippen molar-refractivity contribution in [3.05, 3.63) is 62.9 Å². The molecule has 2 aliphatic rings. The predicted molar refractivity (Wildman–Crippen MR) is 106 cm³/mol. The third kappa shape index (κ3) is 2.13. The van der Waals surface area contributed by atoms with E-state index in [-0.39, 0.29) is 41.1 Å². The molecular weight excluding hydrogens is 388 g/mol. The van der Waals surface area contributed by atoms with Gasteiger partial charge in [-0.2, -0.15) is 0 Å².